The van der Waals surface area contributed by atoms with Crippen molar-refractivity contribution in [2.45, 2.75) is 25.6 Å². The van der Waals surface area contributed by atoms with Gasteiger partial charge in [-0.2, -0.15) is 13.2 Å². The average Bonchev–Trinajstić information content (AvgIpc) is 2.91. The number of hydrogen-bond donors (Lipinski definition) is 0. The Morgan fingerprint density at radius 1 is 1.27 bits per heavy atom. The van der Waals surface area contributed by atoms with Crippen LogP contribution in [-0.2, 0) is 9.59 Å². The van der Waals surface area contributed by atoms with Crippen LogP contribution in [0.25, 0.3) is 0 Å². The van der Waals surface area contributed by atoms with Crippen molar-refractivity contribution in [2.24, 2.45) is 11.8 Å². The van der Waals surface area contributed by atoms with E-state index in [-0.39, 0.29) is 24.9 Å². The number of alkyl halides is 3. The minimum absolute atomic E-state index is 0.119. The zero-order valence-electron chi connectivity index (χ0n) is 13.1. The van der Waals surface area contributed by atoms with E-state index in [1.807, 2.05) is 25.9 Å². The third-order valence-electron chi connectivity index (χ3n) is 4.48. The lowest BCUT2D eigenvalue weighted by atomic mass is 10.1. The lowest BCUT2D eigenvalue weighted by Gasteiger charge is -2.23. The van der Waals surface area contributed by atoms with Gasteiger partial charge in [-0.25, -0.2) is 0 Å². The van der Waals surface area contributed by atoms with Gasteiger partial charge in [-0.3, -0.25) is 9.59 Å². The molecule has 0 radical (unpaired) electrons. The zero-order valence-corrected chi connectivity index (χ0v) is 13.1. The molecule has 5 nitrogen and oxygen atoms in total. The van der Waals surface area contributed by atoms with E-state index in [4.69, 9.17) is 0 Å². The Balaban J connectivity index is 1.96. The smallest absolute Gasteiger partial charge is 0.340 e. The summed E-state index contributed by atoms with van der Waals surface area (Å²) in [5.41, 5.74) is 0. The van der Waals surface area contributed by atoms with E-state index in [1.165, 1.54) is 0 Å². The number of halogens is 3. The fraction of sp³-hybridized carbons (Fsp3) is 0.857. The summed E-state index contributed by atoms with van der Waals surface area (Å²) in [7, 11) is 3.89. The van der Waals surface area contributed by atoms with Crippen LogP contribution in [0.3, 0.4) is 0 Å². The molecule has 2 amide bonds. The van der Waals surface area contributed by atoms with Crippen LogP contribution < -0.4 is 0 Å². The Morgan fingerprint density at radius 2 is 1.91 bits per heavy atom. The fourth-order valence-electron chi connectivity index (χ4n) is 3.37. The maximum Gasteiger partial charge on any atom is 0.406 e. The van der Waals surface area contributed by atoms with Crippen molar-refractivity contribution < 1.29 is 22.8 Å². The van der Waals surface area contributed by atoms with Crippen molar-refractivity contribution in [3.8, 4) is 0 Å². The van der Waals surface area contributed by atoms with Gasteiger partial charge >= 0.3 is 6.18 Å². The summed E-state index contributed by atoms with van der Waals surface area (Å²) in [4.78, 5) is 28.6. The summed E-state index contributed by atoms with van der Waals surface area (Å²) in [5, 5.41) is 0. The predicted molar refractivity (Wildman–Crippen MR) is 74.0 cm³/mol. The number of rotatable bonds is 3. The summed E-state index contributed by atoms with van der Waals surface area (Å²) in [6, 6.07) is 0.243. The van der Waals surface area contributed by atoms with Crippen LogP contribution >= 0.6 is 0 Å². The Morgan fingerprint density at radius 3 is 2.41 bits per heavy atom. The summed E-state index contributed by atoms with van der Waals surface area (Å²) in [6.07, 6.45) is -4.54. The van der Waals surface area contributed by atoms with Gasteiger partial charge in [0.2, 0.25) is 11.8 Å². The highest BCUT2D eigenvalue weighted by atomic mass is 19.4. The molecule has 8 heteroatoms. The molecule has 0 spiro atoms. The fourth-order valence-corrected chi connectivity index (χ4v) is 3.37. The van der Waals surface area contributed by atoms with Gasteiger partial charge in [0.15, 0.2) is 0 Å². The first-order valence-electron chi connectivity index (χ1n) is 7.38. The van der Waals surface area contributed by atoms with E-state index >= 15 is 0 Å². The van der Waals surface area contributed by atoms with Gasteiger partial charge < -0.3 is 14.7 Å². The van der Waals surface area contributed by atoms with Crippen LogP contribution in [0.15, 0.2) is 0 Å². The Hall–Kier alpha value is -1.31. The minimum atomic E-state index is -4.42. The first-order chi connectivity index (χ1) is 10.1. The Kier molecular flexibility index (Phi) is 4.70. The molecule has 2 aliphatic heterocycles. The number of carbonyl (C=O) groups is 2. The summed E-state index contributed by atoms with van der Waals surface area (Å²) in [5.74, 6) is -1.13. The van der Waals surface area contributed by atoms with E-state index in [0.717, 1.165) is 4.90 Å². The zero-order chi connectivity index (χ0) is 16.7. The molecule has 2 heterocycles. The number of likely N-dealkylation sites (N-methyl/N-ethyl adjacent to an activating group) is 1. The molecule has 3 unspecified atom stereocenters. The summed E-state index contributed by atoms with van der Waals surface area (Å²) in [6.45, 7) is 1.80. The van der Waals surface area contributed by atoms with E-state index in [2.05, 4.69) is 0 Å². The molecule has 126 valence electrons. The second-order valence-electron chi connectivity index (χ2n) is 6.54. The van der Waals surface area contributed by atoms with E-state index in [9.17, 15) is 22.8 Å². The molecule has 2 fully saturated rings. The molecule has 0 saturated carbocycles. The average molecular weight is 321 g/mol. The van der Waals surface area contributed by atoms with E-state index in [1.54, 1.807) is 4.90 Å². The number of amides is 2. The van der Waals surface area contributed by atoms with Crippen LogP contribution in [-0.4, -0.2) is 79.0 Å². The predicted octanol–water partition coefficient (Wildman–Crippen LogP) is 0.806. The third kappa shape index (κ3) is 3.71. The van der Waals surface area contributed by atoms with Gasteiger partial charge in [-0.1, -0.05) is 6.92 Å². The maximum absolute atomic E-state index is 12.5. The molecular formula is C14H22F3N3O2. The molecule has 0 aromatic rings. The van der Waals surface area contributed by atoms with Crippen LogP contribution in [0.4, 0.5) is 13.2 Å². The molecule has 3 atom stereocenters. The number of likely N-dealkylation sites (tertiary alicyclic amines) is 2. The van der Waals surface area contributed by atoms with Crippen molar-refractivity contribution in [3.63, 3.8) is 0 Å². The molecule has 2 saturated heterocycles. The SMILES string of the molecule is CC1CN(C(=O)C2CC(=O)N(CC(F)(F)F)C2)CC1N(C)C. The van der Waals surface area contributed by atoms with Crippen LogP contribution in [0.5, 0.6) is 0 Å². The first-order valence-corrected chi connectivity index (χ1v) is 7.38. The molecule has 0 aromatic carbocycles. The lowest BCUT2D eigenvalue weighted by molar-refractivity contribution is -0.157. The second-order valence-corrected chi connectivity index (χ2v) is 6.54. The van der Waals surface area contributed by atoms with Gasteiger partial charge in [0, 0.05) is 32.1 Å². The van der Waals surface area contributed by atoms with Gasteiger partial charge in [0.1, 0.15) is 6.54 Å². The molecule has 0 aliphatic carbocycles. The molecular weight excluding hydrogens is 299 g/mol. The highest BCUT2D eigenvalue weighted by molar-refractivity contribution is 5.89. The standard InChI is InChI=1S/C14H22F3N3O2/c1-9-5-19(7-11(9)18(2)3)13(22)10-4-12(21)20(6-10)8-14(15,16)17/h9-11H,4-8H2,1-3H3. The monoisotopic (exact) mass is 321 g/mol. The van der Waals surface area contributed by atoms with Gasteiger partial charge in [0.05, 0.1) is 5.92 Å². The first kappa shape index (κ1) is 17.1. The molecule has 0 N–H and O–H groups in total. The molecule has 22 heavy (non-hydrogen) atoms. The Labute approximate surface area is 128 Å². The van der Waals surface area contributed by atoms with Crippen LogP contribution in [0, 0.1) is 11.8 Å². The topological polar surface area (TPSA) is 43.9 Å². The summed E-state index contributed by atoms with van der Waals surface area (Å²) >= 11 is 0. The number of nitrogens with zero attached hydrogens (tertiary/aromatic N) is 3. The largest absolute Gasteiger partial charge is 0.406 e. The third-order valence-corrected chi connectivity index (χ3v) is 4.48. The van der Waals surface area contributed by atoms with Gasteiger partial charge in [0.25, 0.3) is 0 Å². The van der Waals surface area contributed by atoms with E-state index < -0.39 is 24.5 Å². The highest BCUT2D eigenvalue weighted by Crippen LogP contribution is 2.28. The Bertz CT molecular complexity index is 453. The van der Waals surface area contributed by atoms with Gasteiger partial charge in [-0.15, -0.1) is 0 Å². The lowest BCUT2D eigenvalue weighted by Crippen LogP contribution is -2.39. The normalized spacial score (nSPS) is 29.8. The second kappa shape index (κ2) is 6.06. The van der Waals surface area contributed by atoms with Crippen LogP contribution in [0.2, 0.25) is 0 Å². The summed E-state index contributed by atoms with van der Waals surface area (Å²) < 4.78 is 37.2. The van der Waals surface area contributed by atoms with E-state index in [0.29, 0.717) is 19.0 Å². The minimum Gasteiger partial charge on any atom is -0.340 e. The number of carbonyl (C=O) groups excluding carboxylic acids is 2. The van der Waals surface area contributed by atoms with Crippen molar-refractivity contribution in [2.75, 3.05) is 40.3 Å². The highest BCUT2D eigenvalue weighted by Gasteiger charge is 2.43. The molecule has 2 aliphatic rings. The maximum atomic E-state index is 12.5. The quantitative estimate of drug-likeness (QED) is 0.772. The van der Waals surface area contributed by atoms with Crippen molar-refractivity contribution in [1.82, 2.24) is 14.7 Å². The molecule has 0 bridgehead atoms. The molecule has 0 aromatic heterocycles. The van der Waals surface area contributed by atoms with Crippen molar-refractivity contribution in [1.29, 1.82) is 0 Å². The van der Waals surface area contributed by atoms with Crippen molar-refractivity contribution in [3.05, 3.63) is 0 Å². The van der Waals surface area contributed by atoms with Crippen LogP contribution in [0.1, 0.15) is 13.3 Å². The van der Waals surface area contributed by atoms with Gasteiger partial charge in [-0.05, 0) is 20.0 Å². The van der Waals surface area contributed by atoms with Crippen molar-refractivity contribution >= 4 is 11.8 Å². The number of hydrogen-bond acceptors (Lipinski definition) is 3. The molecule has 2 rings (SSSR count).